The van der Waals surface area contributed by atoms with Gasteiger partial charge in [0.25, 0.3) is 5.91 Å². The first-order valence-corrected chi connectivity index (χ1v) is 7.87. The molecule has 23 heavy (non-hydrogen) atoms. The first kappa shape index (κ1) is 17.1. The number of benzene rings is 1. The summed E-state index contributed by atoms with van der Waals surface area (Å²) in [6.07, 6.45) is 4.11. The number of allylic oxidation sites excluding steroid dienone is 1. The van der Waals surface area contributed by atoms with Gasteiger partial charge in [0.2, 0.25) is 0 Å². The van der Waals surface area contributed by atoms with Crippen molar-refractivity contribution in [3.63, 3.8) is 0 Å². The van der Waals surface area contributed by atoms with Gasteiger partial charge in [0.1, 0.15) is 12.4 Å². The Balaban J connectivity index is 1.99. The van der Waals surface area contributed by atoms with E-state index in [9.17, 15) is 14.7 Å². The molecular formula is C18H23NO4. The fourth-order valence-corrected chi connectivity index (χ4v) is 2.71. The molecule has 5 nitrogen and oxygen atoms in total. The Morgan fingerprint density at radius 3 is 2.83 bits per heavy atom. The normalized spacial score (nSPS) is 19.9. The molecule has 0 saturated heterocycles. The van der Waals surface area contributed by atoms with Crippen LogP contribution >= 0.6 is 0 Å². The van der Waals surface area contributed by atoms with Crippen LogP contribution in [0.1, 0.15) is 43.5 Å². The minimum absolute atomic E-state index is 0.254. The lowest BCUT2D eigenvalue weighted by Gasteiger charge is -2.17. The van der Waals surface area contributed by atoms with Crippen molar-refractivity contribution in [2.75, 3.05) is 6.61 Å². The average molecular weight is 317 g/mol. The number of ether oxygens (including phenoxy) is 1. The molecule has 1 aromatic rings. The molecule has 0 bridgehead atoms. The summed E-state index contributed by atoms with van der Waals surface area (Å²) in [5.41, 5.74) is 1.65. The minimum Gasteiger partial charge on any atom is -0.490 e. The van der Waals surface area contributed by atoms with Crippen LogP contribution in [0.3, 0.4) is 0 Å². The summed E-state index contributed by atoms with van der Waals surface area (Å²) in [6.45, 7) is 4.44. The maximum absolute atomic E-state index is 12.3. The summed E-state index contributed by atoms with van der Waals surface area (Å²) in [4.78, 5) is 23.5. The Morgan fingerprint density at radius 1 is 1.35 bits per heavy atom. The van der Waals surface area contributed by atoms with E-state index in [1.165, 1.54) is 5.57 Å². The van der Waals surface area contributed by atoms with Gasteiger partial charge in [0, 0.05) is 11.6 Å². The van der Waals surface area contributed by atoms with E-state index in [0.717, 1.165) is 6.42 Å². The predicted molar refractivity (Wildman–Crippen MR) is 87.6 cm³/mol. The number of rotatable bonds is 6. The van der Waals surface area contributed by atoms with E-state index in [1.54, 1.807) is 24.3 Å². The van der Waals surface area contributed by atoms with Gasteiger partial charge in [-0.25, -0.2) is 0 Å². The van der Waals surface area contributed by atoms with Gasteiger partial charge in [-0.3, -0.25) is 9.59 Å². The molecule has 0 aliphatic heterocycles. The summed E-state index contributed by atoms with van der Waals surface area (Å²) < 4.78 is 5.59. The zero-order valence-corrected chi connectivity index (χ0v) is 13.5. The van der Waals surface area contributed by atoms with Gasteiger partial charge in [-0.2, -0.15) is 0 Å². The Morgan fingerprint density at radius 2 is 2.13 bits per heavy atom. The van der Waals surface area contributed by atoms with Crippen molar-refractivity contribution in [3.8, 4) is 5.75 Å². The summed E-state index contributed by atoms with van der Waals surface area (Å²) in [5.74, 6) is -0.963. The SMILES string of the molecule is CC(C)=CCOc1cccc(C(=O)N[C@@H]2CCC[C@@H]2C(=O)O)c1. The molecule has 1 amide bonds. The fourth-order valence-electron chi connectivity index (χ4n) is 2.71. The van der Waals surface area contributed by atoms with E-state index < -0.39 is 11.9 Å². The van der Waals surface area contributed by atoms with E-state index in [0.29, 0.717) is 30.8 Å². The van der Waals surface area contributed by atoms with Crippen molar-refractivity contribution in [2.45, 2.75) is 39.2 Å². The highest BCUT2D eigenvalue weighted by Crippen LogP contribution is 2.26. The molecule has 0 heterocycles. The highest BCUT2D eigenvalue weighted by Gasteiger charge is 2.33. The Bertz CT molecular complexity index is 605. The van der Waals surface area contributed by atoms with Gasteiger partial charge in [-0.15, -0.1) is 0 Å². The topological polar surface area (TPSA) is 75.6 Å². The maximum Gasteiger partial charge on any atom is 0.308 e. The summed E-state index contributed by atoms with van der Waals surface area (Å²) in [5, 5.41) is 12.0. The van der Waals surface area contributed by atoms with Crippen LogP contribution in [-0.4, -0.2) is 29.6 Å². The van der Waals surface area contributed by atoms with Crippen LogP contribution in [0, 0.1) is 5.92 Å². The van der Waals surface area contributed by atoms with Gasteiger partial charge in [-0.1, -0.05) is 18.1 Å². The van der Waals surface area contributed by atoms with Crippen LogP contribution in [0.15, 0.2) is 35.9 Å². The lowest BCUT2D eigenvalue weighted by Crippen LogP contribution is -2.40. The quantitative estimate of drug-likeness (QED) is 0.791. The maximum atomic E-state index is 12.3. The highest BCUT2D eigenvalue weighted by molar-refractivity contribution is 5.95. The van der Waals surface area contributed by atoms with Crippen molar-refractivity contribution in [3.05, 3.63) is 41.5 Å². The van der Waals surface area contributed by atoms with Crippen LogP contribution < -0.4 is 10.1 Å². The molecule has 5 heteroatoms. The summed E-state index contributed by atoms with van der Waals surface area (Å²) in [7, 11) is 0. The molecule has 0 aromatic heterocycles. The molecule has 0 unspecified atom stereocenters. The van der Waals surface area contributed by atoms with Crippen molar-refractivity contribution in [2.24, 2.45) is 5.92 Å². The van der Waals surface area contributed by atoms with E-state index in [-0.39, 0.29) is 11.9 Å². The van der Waals surface area contributed by atoms with Crippen LogP contribution in [0.4, 0.5) is 0 Å². The Kier molecular flexibility index (Phi) is 5.79. The number of aliphatic carboxylic acids is 1. The molecule has 1 fully saturated rings. The van der Waals surface area contributed by atoms with E-state index in [4.69, 9.17) is 4.74 Å². The Labute approximate surface area is 136 Å². The number of nitrogens with one attached hydrogen (secondary N) is 1. The van der Waals surface area contributed by atoms with Gasteiger partial charge in [-0.05, 0) is 51.0 Å². The third-order valence-electron chi connectivity index (χ3n) is 3.99. The summed E-state index contributed by atoms with van der Waals surface area (Å²) in [6, 6.07) is 6.64. The monoisotopic (exact) mass is 317 g/mol. The van der Waals surface area contributed by atoms with Crippen LogP contribution in [0.2, 0.25) is 0 Å². The molecule has 1 saturated carbocycles. The van der Waals surface area contributed by atoms with Gasteiger partial charge in [0.15, 0.2) is 0 Å². The number of carbonyl (C=O) groups is 2. The number of hydrogen-bond donors (Lipinski definition) is 2. The number of carbonyl (C=O) groups excluding carboxylic acids is 1. The average Bonchev–Trinajstić information content (AvgIpc) is 2.95. The van der Waals surface area contributed by atoms with Crippen molar-refractivity contribution in [1.82, 2.24) is 5.32 Å². The standard InChI is InChI=1S/C18H23NO4/c1-12(2)9-10-23-14-6-3-5-13(11-14)17(20)19-16-8-4-7-15(16)18(21)22/h3,5-6,9,11,15-16H,4,7-8,10H2,1-2H3,(H,19,20)(H,21,22)/t15-,16+/m0/s1. The number of carboxylic acids is 1. The van der Waals surface area contributed by atoms with Crippen molar-refractivity contribution < 1.29 is 19.4 Å². The third kappa shape index (κ3) is 4.84. The van der Waals surface area contributed by atoms with Gasteiger partial charge in [0.05, 0.1) is 5.92 Å². The number of amides is 1. The van der Waals surface area contributed by atoms with Crippen LogP contribution in [-0.2, 0) is 4.79 Å². The molecule has 1 aliphatic rings. The molecule has 1 aromatic carbocycles. The second-order valence-electron chi connectivity index (χ2n) is 6.08. The molecule has 2 rings (SSSR count). The van der Waals surface area contributed by atoms with Crippen LogP contribution in [0.25, 0.3) is 0 Å². The van der Waals surface area contributed by atoms with E-state index >= 15 is 0 Å². The zero-order valence-electron chi connectivity index (χ0n) is 13.5. The minimum atomic E-state index is -0.841. The molecule has 124 valence electrons. The lowest BCUT2D eigenvalue weighted by molar-refractivity contribution is -0.142. The van der Waals surface area contributed by atoms with Gasteiger partial charge >= 0.3 is 5.97 Å². The van der Waals surface area contributed by atoms with Crippen molar-refractivity contribution in [1.29, 1.82) is 0 Å². The number of carboxylic acid groups (broad SMARTS) is 1. The second kappa shape index (κ2) is 7.81. The largest absolute Gasteiger partial charge is 0.490 e. The lowest BCUT2D eigenvalue weighted by atomic mass is 10.0. The second-order valence-corrected chi connectivity index (χ2v) is 6.08. The zero-order chi connectivity index (χ0) is 16.8. The molecule has 0 radical (unpaired) electrons. The number of hydrogen-bond acceptors (Lipinski definition) is 3. The smallest absolute Gasteiger partial charge is 0.308 e. The Hall–Kier alpha value is -2.30. The first-order chi connectivity index (χ1) is 11.0. The third-order valence-corrected chi connectivity index (χ3v) is 3.99. The van der Waals surface area contributed by atoms with E-state index in [2.05, 4.69) is 5.32 Å². The van der Waals surface area contributed by atoms with E-state index in [1.807, 2.05) is 19.9 Å². The molecule has 1 aliphatic carbocycles. The highest BCUT2D eigenvalue weighted by atomic mass is 16.5. The summed E-state index contributed by atoms with van der Waals surface area (Å²) >= 11 is 0. The fraction of sp³-hybridized carbons (Fsp3) is 0.444. The predicted octanol–water partition coefficient (Wildman–Crippen LogP) is 3.01. The van der Waals surface area contributed by atoms with Crippen molar-refractivity contribution >= 4 is 11.9 Å². The first-order valence-electron chi connectivity index (χ1n) is 7.87. The molecule has 2 N–H and O–H groups in total. The molecular weight excluding hydrogens is 294 g/mol. The molecule has 2 atom stereocenters. The molecule has 0 spiro atoms. The van der Waals surface area contributed by atoms with Crippen LogP contribution in [0.5, 0.6) is 5.75 Å². The van der Waals surface area contributed by atoms with Gasteiger partial charge < -0.3 is 15.2 Å².